The molecule has 2 aromatic heterocycles. The first kappa shape index (κ1) is 11.2. The van der Waals surface area contributed by atoms with E-state index >= 15 is 0 Å². The van der Waals surface area contributed by atoms with Crippen molar-refractivity contribution >= 4 is 17.0 Å². The molecule has 3 nitrogen and oxygen atoms in total. The van der Waals surface area contributed by atoms with E-state index in [1.807, 2.05) is 23.5 Å². The van der Waals surface area contributed by atoms with Crippen LogP contribution in [0.25, 0.3) is 0 Å². The van der Waals surface area contributed by atoms with Crippen molar-refractivity contribution in [3.63, 3.8) is 0 Å². The van der Waals surface area contributed by atoms with Crippen molar-refractivity contribution in [1.29, 1.82) is 5.26 Å². The molecule has 1 N–H and O–H groups in total. The molecular formula is C14H13N3S. The van der Waals surface area contributed by atoms with Gasteiger partial charge in [0.05, 0.1) is 0 Å². The summed E-state index contributed by atoms with van der Waals surface area (Å²) in [5, 5.41) is 12.1. The standard InChI is InChI=1S/C14H13N3S/c15-8-12-7-11(4-5-16-12)17-9-13-6-10-2-1-3-14(10)18-13/h4-7H,1-3,9H2,(H,16,17). The van der Waals surface area contributed by atoms with Crippen LogP contribution in [0, 0.1) is 11.3 Å². The summed E-state index contributed by atoms with van der Waals surface area (Å²) >= 11 is 1.91. The summed E-state index contributed by atoms with van der Waals surface area (Å²) in [6.07, 6.45) is 5.45. The second-order valence-electron chi connectivity index (χ2n) is 4.41. The van der Waals surface area contributed by atoms with Crippen LogP contribution in [0.1, 0.15) is 27.4 Å². The van der Waals surface area contributed by atoms with Crippen LogP contribution in [0.2, 0.25) is 0 Å². The van der Waals surface area contributed by atoms with E-state index in [1.54, 1.807) is 17.1 Å². The zero-order valence-corrected chi connectivity index (χ0v) is 10.8. The van der Waals surface area contributed by atoms with E-state index in [-0.39, 0.29) is 0 Å². The SMILES string of the molecule is N#Cc1cc(NCc2cc3c(s2)CCC3)ccn1. The molecule has 2 aromatic rings. The molecule has 0 aromatic carbocycles. The van der Waals surface area contributed by atoms with Gasteiger partial charge in [0.2, 0.25) is 0 Å². The average Bonchev–Trinajstić information content (AvgIpc) is 2.97. The van der Waals surface area contributed by atoms with Gasteiger partial charge in [-0.3, -0.25) is 0 Å². The quantitative estimate of drug-likeness (QED) is 0.916. The summed E-state index contributed by atoms with van der Waals surface area (Å²) < 4.78 is 0. The Morgan fingerprint density at radius 1 is 1.39 bits per heavy atom. The molecule has 0 fully saturated rings. The van der Waals surface area contributed by atoms with E-state index in [1.165, 1.54) is 29.7 Å². The fourth-order valence-corrected chi connectivity index (χ4v) is 3.47. The zero-order chi connectivity index (χ0) is 12.4. The van der Waals surface area contributed by atoms with E-state index in [4.69, 9.17) is 5.26 Å². The van der Waals surface area contributed by atoms with Gasteiger partial charge < -0.3 is 5.32 Å². The third-order valence-electron chi connectivity index (χ3n) is 3.14. The lowest BCUT2D eigenvalue weighted by Gasteiger charge is -2.04. The predicted molar refractivity (Wildman–Crippen MR) is 72.6 cm³/mol. The summed E-state index contributed by atoms with van der Waals surface area (Å²) in [7, 11) is 0. The van der Waals surface area contributed by atoms with Gasteiger partial charge in [0.25, 0.3) is 0 Å². The number of rotatable bonds is 3. The molecule has 2 heterocycles. The summed E-state index contributed by atoms with van der Waals surface area (Å²) in [4.78, 5) is 6.88. The van der Waals surface area contributed by atoms with Crippen molar-refractivity contribution in [3.05, 3.63) is 45.4 Å². The Bertz CT molecular complexity index is 588. The summed E-state index contributed by atoms with van der Waals surface area (Å²) in [5.74, 6) is 0. The number of hydrogen-bond donors (Lipinski definition) is 1. The van der Waals surface area contributed by atoms with E-state index in [9.17, 15) is 0 Å². The molecule has 4 heteroatoms. The van der Waals surface area contributed by atoms with Gasteiger partial charge in [-0.2, -0.15) is 5.26 Å². The number of aryl methyl sites for hydroxylation is 2. The number of fused-ring (bicyclic) bond motifs is 1. The third-order valence-corrected chi connectivity index (χ3v) is 4.38. The van der Waals surface area contributed by atoms with Crippen LogP contribution < -0.4 is 5.32 Å². The van der Waals surface area contributed by atoms with Crippen LogP contribution in [0.5, 0.6) is 0 Å². The topological polar surface area (TPSA) is 48.7 Å². The first-order valence-corrected chi connectivity index (χ1v) is 6.87. The van der Waals surface area contributed by atoms with Gasteiger partial charge in [-0.05, 0) is 43.0 Å². The first-order chi connectivity index (χ1) is 8.85. The lowest BCUT2D eigenvalue weighted by atomic mass is 10.2. The molecule has 0 atom stereocenters. The summed E-state index contributed by atoms with van der Waals surface area (Å²) in [6.45, 7) is 0.826. The van der Waals surface area contributed by atoms with Crippen LogP contribution in [0.15, 0.2) is 24.4 Å². The van der Waals surface area contributed by atoms with Crippen LogP contribution in [0.3, 0.4) is 0 Å². The number of nitrogens with zero attached hydrogens (tertiary/aromatic N) is 2. The molecule has 3 rings (SSSR count). The number of nitrogens with one attached hydrogen (secondary N) is 1. The van der Waals surface area contributed by atoms with Crippen LogP contribution in [0.4, 0.5) is 5.69 Å². The maximum absolute atomic E-state index is 8.79. The highest BCUT2D eigenvalue weighted by Gasteiger charge is 2.14. The number of nitriles is 1. The Balaban J connectivity index is 1.68. The molecule has 18 heavy (non-hydrogen) atoms. The molecule has 0 unspecified atom stereocenters. The average molecular weight is 255 g/mol. The minimum absolute atomic E-state index is 0.452. The van der Waals surface area contributed by atoms with Crippen molar-refractivity contribution < 1.29 is 0 Å². The van der Waals surface area contributed by atoms with E-state index in [2.05, 4.69) is 16.4 Å². The van der Waals surface area contributed by atoms with Crippen LogP contribution in [-0.2, 0) is 19.4 Å². The van der Waals surface area contributed by atoms with E-state index in [0.717, 1.165) is 12.2 Å². The molecule has 1 aliphatic rings. The van der Waals surface area contributed by atoms with Crippen LogP contribution in [-0.4, -0.2) is 4.98 Å². The normalized spacial score (nSPS) is 13.1. The van der Waals surface area contributed by atoms with E-state index < -0.39 is 0 Å². The molecule has 1 aliphatic carbocycles. The van der Waals surface area contributed by atoms with Gasteiger partial charge in [0, 0.05) is 28.2 Å². The van der Waals surface area contributed by atoms with Crippen molar-refractivity contribution in [3.8, 4) is 6.07 Å². The Hall–Kier alpha value is -1.86. The number of thiophene rings is 1. The molecule has 0 amide bonds. The molecule has 0 bridgehead atoms. The van der Waals surface area contributed by atoms with Crippen molar-refractivity contribution in [2.24, 2.45) is 0 Å². The van der Waals surface area contributed by atoms with Crippen molar-refractivity contribution in [2.45, 2.75) is 25.8 Å². The Kier molecular flexibility index (Phi) is 2.99. The van der Waals surface area contributed by atoms with Crippen molar-refractivity contribution in [2.75, 3.05) is 5.32 Å². The minimum Gasteiger partial charge on any atom is -0.380 e. The van der Waals surface area contributed by atoms with Crippen molar-refractivity contribution in [1.82, 2.24) is 4.98 Å². The molecular weight excluding hydrogens is 242 g/mol. The highest BCUT2D eigenvalue weighted by Crippen LogP contribution is 2.30. The molecule has 0 saturated heterocycles. The number of anilines is 1. The summed E-state index contributed by atoms with van der Waals surface area (Å²) in [5.41, 5.74) is 2.94. The molecule has 0 saturated carbocycles. The Labute approximate surface area is 110 Å². The van der Waals surface area contributed by atoms with Gasteiger partial charge in [0.1, 0.15) is 11.8 Å². The monoisotopic (exact) mass is 255 g/mol. The van der Waals surface area contributed by atoms with E-state index in [0.29, 0.717) is 5.69 Å². The zero-order valence-electron chi connectivity index (χ0n) is 9.94. The molecule has 0 radical (unpaired) electrons. The largest absolute Gasteiger partial charge is 0.380 e. The highest BCUT2D eigenvalue weighted by molar-refractivity contribution is 7.12. The smallest absolute Gasteiger partial charge is 0.142 e. The second kappa shape index (κ2) is 4.79. The van der Waals surface area contributed by atoms with Gasteiger partial charge >= 0.3 is 0 Å². The Morgan fingerprint density at radius 3 is 3.17 bits per heavy atom. The lowest BCUT2D eigenvalue weighted by molar-refractivity contribution is 0.913. The number of aromatic nitrogens is 1. The molecule has 0 aliphatic heterocycles. The number of pyridine rings is 1. The summed E-state index contributed by atoms with van der Waals surface area (Å²) in [6, 6.07) is 8.03. The van der Waals surface area contributed by atoms with Gasteiger partial charge in [-0.25, -0.2) is 4.98 Å². The lowest BCUT2D eigenvalue weighted by Crippen LogP contribution is -1.98. The highest BCUT2D eigenvalue weighted by atomic mass is 32.1. The number of hydrogen-bond acceptors (Lipinski definition) is 4. The maximum Gasteiger partial charge on any atom is 0.142 e. The van der Waals surface area contributed by atoms with Gasteiger partial charge in [0.15, 0.2) is 0 Å². The fourth-order valence-electron chi connectivity index (χ4n) is 2.27. The van der Waals surface area contributed by atoms with Gasteiger partial charge in [-0.1, -0.05) is 0 Å². The van der Waals surface area contributed by atoms with Gasteiger partial charge in [-0.15, -0.1) is 11.3 Å². The molecule has 90 valence electrons. The molecule has 0 spiro atoms. The predicted octanol–water partition coefficient (Wildman–Crippen LogP) is 3.12. The fraction of sp³-hybridized carbons (Fsp3) is 0.286. The minimum atomic E-state index is 0.452. The second-order valence-corrected chi connectivity index (χ2v) is 5.63. The first-order valence-electron chi connectivity index (χ1n) is 6.05. The third kappa shape index (κ3) is 2.22. The Morgan fingerprint density at radius 2 is 2.33 bits per heavy atom. The maximum atomic E-state index is 8.79. The van der Waals surface area contributed by atoms with Crippen LogP contribution >= 0.6 is 11.3 Å².